The van der Waals surface area contributed by atoms with Crippen LogP contribution in [-0.2, 0) is 23.5 Å². The fourth-order valence-electron chi connectivity index (χ4n) is 2.04. The van der Waals surface area contributed by atoms with Crippen LogP contribution < -0.4 is 10.5 Å². The summed E-state index contributed by atoms with van der Waals surface area (Å²) in [5.41, 5.74) is 7.12. The molecule has 2 aromatic rings. The molecule has 1 aromatic carbocycles. The predicted octanol–water partition coefficient (Wildman–Crippen LogP) is 1.49. The van der Waals surface area contributed by atoms with E-state index in [1.54, 1.807) is 26.1 Å². The molecule has 0 radical (unpaired) electrons. The average Bonchev–Trinajstić information content (AvgIpc) is 2.63. The molecule has 0 unspecified atom stereocenters. The number of nitrogens with one attached hydrogen (secondary N) is 1. The molecule has 0 aliphatic heterocycles. The molecule has 0 bridgehead atoms. The van der Waals surface area contributed by atoms with Gasteiger partial charge >= 0.3 is 0 Å². The Morgan fingerprint density at radius 1 is 1.43 bits per heavy atom. The highest BCUT2D eigenvalue weighted by Gasteiger charge is 2.23. The largest absolute Gasteiger partial charge is 0.381 e. The molecule has 2 rings (SSSR count). The Morgan fingerprint density at radius 3 is 2.71 bits per heavy atom. The number of hydrogen-bond acceptors (Lipinski definition) is 4. The average molecular weight is 329 g/mol. The summed E-state index contributed by atoms with van der Waals surface area (Å²) in [6, 6.07) is 7.30. The molecule has 1 aromatic heterocycles. The summed E-state index contributed by atoms with van der Waals surface area (Å²) in [5, 5.41) is 4.54. The third-order valence-electron chi connectivity index (χ3n) is 3.17. The van der Waals surface area contributed by atoms with E-state index in [1.165, 1.54) is 4.68 Å². The molecule has 6 nitrogen and oxygen atoms in total. The van der Waals surface area contributed by atoms with Crippen LogP contribution in [0.2, 0.25) is 5.02 Å². The molecule has 0 fully saturated rings. The monoisotopic (exact) mass is 328 g/mol. The number of nitrogens with two attached hydrogens (primary N) is 1. The SMILES string of the molecule is Cc1c(S(=O)(=O)NCCc2cccc(Cl)c2)c(N)nn1C. The van der Waals surface area contributed by atoms with E-state index in [4.69, 9.17) is 17.3 Å². The number of sulfonamides is 1. The molecule has 0 saturated heterocycles. The van der Waals surface area contributed by atoms with Gasteiger partial charge in [-0.25, -0.2) is 13.1 Å². The lowest BCUT2D eigenvalue weighted by atomic mass is 10.2. The number of halogens is 1. The van der Waals surface area contributed by atoms with Crippen LogP contribution in [0.25, 0.3) is 0 Å². The second-order valence-corrected chi connectivity index (χ2v) is 6.84. The van der Waals surface area contributed by atoms with Crippen LogP contribution in [-0.4, -0.2) is 24.7 Å². The first-order chi connectivity index (χ1) is 9.81. The molecule has 8 heteroatoms. The van der Waals surface area contributed by atoms with E-state index in [0.29, 0.717) is 17.1 Å². The van der Waals surface area contributed by atoms with E-state index >= 15 is 0 Å². The van der Waals surface area contributed by atoms with E-state index < -0.39 is 10.0 Å². The van der Waals surface area contributed by atoms with Crippen molar-refractivity contribution in [3.05, 3.63) is 40.5 Å². The summed E-state index contributed by atoms with van der Waals surface area (Å²) in [4.78, 5) is 0.0381. The number of aromatic nitrogens is 2. The summed E-state index contributed by atoms with van der Waals surface area (Å²) in [7, 11) is -2.02. The summed E-state index contributed by atoms with van der Waals surface area (Å²) in [5.74, 6) is 0.00487. The molecule has 0 aliphatic rings. The first-order valence-electron chi connectivity index (χ1n) is 6.34. The van der Waals surface area contributed by atoms with Gasteiger partial charge in [0.15, 0.2) is 5.82 Å². The number of hydrogen-bond donors (Lipinski definition) is 2. The maximum atomic E-state index is 12.3. The minimum atomic E-state index is -3.67. The van der Waals surface area contributed by atoms with Crippen molar-refractivity contribution in [1.82, 2.24) is 14.5 Å². The van der Waals surface area contributed by atoms with Gasteiger partial charge in [-0.1, -0.05) is 23.7 Å². The Balaban J connectivity index is 2.08. The highest BCUT2D eigenvalue weighted by Crippen LogP contribution is 2.20. The number of rotatable bonds is 5. The number of anilines is 1. The van der Waals surface area contributed by atoms with Gasteiger partial charge in [0.25, 0.3) is 0 Å². The van der Waals surface area contributed by atoms with E-state index in [2.05, 4.69) is 9.82 Å². The van der Waals surface area contributed by atoms with Crippen LogP contribution >= 0.6 is 11.6 Å². The number of nitrogens with zero attached hydrogens (tertiary/aromatic N) is 2. The van der Waals surface area contributed by atoms with E-state index in [-0.39, 0.29) is 17.3 Å². The summed E-state index contributed by atoms with van der Waals surface area (Å²) < 4.78 is 28.5. The third-order valence-corrected chi connectivity index (χ3v) is 5.03. The van der Waals surface area contributed by atoms with Crippen molar-refractivity contribution in [3.8, 4) is 0 Å². The number of benzene rings is 1. The topological polar surface area (TPSA) is 90.0 Å². The van der Waals surface area contributed by atoms with Crippen LogP contribution in [0, 0.1) is 6.92 Å². The third kappa shape index (κ3) is 3.55. The van der Waals surface area contributed by atoms with Crippen LogP contribution in [0.3, 0.4) is 0 Å². The van der Waals surface area contributed by atoms with E-state index in [1.807, 2.05) is 12.1 Å². The van der Waals surface area contributed by atoms with Crippen molar-refractivity contribution in [2.45, 2.75) is 18.2 Å². The Hall–Kier alpha value is -1.57. The zero-order valence-electron chi connectivity index (χ0n) is 11.8. The van der Waals surface area contributed by atoms with Gasteiger partial charge < -0.3 is 5.73 Å². The smallest absolute Gasteiger partial charge is 0.246 e. The Kier molecular flexibility index (Phi) is 4.55. The Bertz CT molecular complexity index is 756. The van der Waals surface area contributed by atoms with Gasteiger partial charge in [0, 0.05) is 18.6 Å². The lowest BCUT2D eigenvalue weighted by molar-refractivity contribution is 0.581. The van der Waals surface area contributed by atoms with E-state index in [0.717, 1.165) is 5.56 Å². The van der Waals surface area contributed by atoms with Crippen LogP contribution in [0.5, 0.6) is 0 Å². The molecular weight excluding hydrogens is 312 g/mol. The molecule has 21 heavy (non-hydrogen) atoms. The van der Waals surface area contributed by atoms with Gasteiger partial charge in [0.05, 0.1) is 5.69 Å². The molecule has 0 saturated carbocycles. The lowest BCUT2D eigenvalue weighted by Gasteiger charge is -2.07. The van der Waals surface area contributed by atoms with Gasteiger partial charge in [-0.15, -0.1) is 0 Å². The van der Waals surface area contributed by atoms with Gasteiger partial charge in [-0.2, -0.15) is 5.10 Å². The summed E-state index contributed by atoms with van der Waals surface area (Å²) in [6.45, 7) is 1.92. The normalized spacial score (nSPS) is 11.8. The number of aryl methyl sites for hydroxylation is 1. The maximum Gasteiger partial charge on any atom is 0.246 e. The Labute approximate surface area is 129 Å². The fourth-order valence-corrected chi connectivity index (χ4v) is 3.61. The molecule has 1 heterocycles. The van der Waals surface area contributed by atoms with Gasteiger partial charge in [-0.3, -0.25) is 4.68 Å². The van der Waals surface area contributed by atoms with Gasteiger partial charge in [0.1, 0.15) is 4.90 Å². The standard InChI is InChI=1S/C13H17ClN4O2S/c1-9-12(13(15)17-18(9)2)21(19,20)16-7-6-10-4-3-5-11(14)8-10/h3-5,8,16H,6-7H2,1-2H3,(H2,15,17). The Morgan fingerprint density at radius 2 is 2.14 bits per heavy atom. The van der Waals surface area contributed by atoms with Crippen LogP contribution in [0.4, 0.5) is 5.82 Å². The van der Waals surface area contributed by atoms with Crippen molar-refractivity contribution in [2.24, 2.45) is 7.05 Å². The molecule has 3 N–H and O–H groups in total. The van der Waals surface area contributed by atoms with Crippen molar-refractivity contribution in [3.63, 3.8) is 0 Å². The first-order valence-corrected chi connectivity index (χ1v) is 8.20. The second kappa shape index (κ2) is 6.05. The van der Waals surface area contributed by atoms with Gasteiger partial charge in [-0.05, 0) is 31.0 Å². The quantitative estimate of drug-likeness (QED) is 0.870. The number of nitrogen functional groups attached to an aromatic ring is 1. The maximum absolute atomic E-state index is 12.3. The minimum Gasteiger partial charge on any atom is -0.381 e. The lowest BCUT2D eigenvalue weighted by Crippen LogP contribution is -2.27. The van der Waals surface area contributed by atoms with Crippen LogP contribution in [0.1, 0.15) is 11.3 Å². The van der Waals surface area contributed by atoms with E-state index in [9.17, 15) is 8.42 Å². The zero-order valence-corrected chi connectivity index (χ0v) is 13.4. The minimum absolute atomic E-state index is 0.00487. The zero-order chi connectivity index (χ0) is 15.6. The predicted molar refractivity (Wildman–Crippen MR) is 82.7 cm³/mol. The summed E-state index contributed by atoms with van der Waals surface area (Å²) in [6.07, 6.45) is 0.541. The van der Waals surface area contributed by atoms with Crippen molar-refractivity contribution >= 4 is 27.4 Å². The van der Waals surface area contributed by atoms with Gasteiger partial charge in [0.2, 0.25) is 10.0 Å². The molecule has 0 atom stereocenters. The molecule has 0 amide bonds. The second-order valence-electron chi connectivity index (χ2n) is 4.70. The molecule has 114 valence electrons. The summed E-state index contributed by atoms with van der Waals surface area (Å²) >= 11 is 5.89. The molecule has 0 aliphatic carbocycles. The molecular formula is C13H17ClN4O2S. The fraction of sp³-hybridized carbons (Fsp3) is 0.308. The van der Waals surface area contributed by atoms with Crippen molar-refractivity contribution in [1.29, 1.82) is 0 Å². The highest BCUT2D eigenvalue weighted by atomic mass is 35.5. The molecule has 0 spiro atoms. The van der Waals surface area contributed by atoms with Crippen molar-refractivity contribution in [2.75, 3.05) is 12.3 Å². The first kappa shape index (κ1) is 15.8. The van der Waals surface area contributed by atoms with Crippen molar-refractivity contribution < 1.29 is 8.42 Å². The highest BCUT2D eigenvalue weighted by molar-refractivity contribution is 7.89. The van der Waals surface area contributed by atoms with Crippen LogP contribution in [0.15, 0.2) is 29.2 Å².